The average molecular weight is 403 g/mol. The van der Waals surface area contributed by atoms with Crippen LogP contribution in [0.15, 0.2) is 40.9 Å². The largest absolute Gasteiger partial charge is 0.486 e. The third-order valence-electron chi connectivity index (χ3n) is 4.57. The minimum atomic E-state index is -0.0547. The van der Waals surface area contributed by atoms with Crippen LogP contribution in [0.25, 0.3) is 0 Å². The maximum atomic E-state index is 12.6. The summed E-state index contributed by atoms with van der Waals surface area (Å²) in [7, 11) is 0. The molecule has 0 fully saturated rings. The molecule has 2 aromatic rings. The molecular formula is C19H19BrN2O3. The molecular weight excluding hydrogens is 384 g/mol. The number of nitrogens with one attached hydrogen (secondary N) is 1. The summed E-state index contributed by atoms with van der Waals surface area (Å²) in [6, 6.07) is 12.2. The van der Waals surface area contributed by atoms with Gasteiger partial charge in [0, 0.05) is 28.3 Å². The van der Waals surface area contributed by atoms with E-state index < -0.39 is 0 Å². The summed E-state index contributed by atoms with van der Waals surface area (Å²) < 4.78 is 11.9. The van der Waals surface area contributed by atoms with E-state index in [0.29, 0.717) is 43.0 Å². The molecule has 0 spiro atoms. The lowest BCUT2D eigenvalue weighted by atomic mass is 10.1. The number of hydrogen-bond donors (Lipinski definition) is 1. The maximum absolute atomic E-state index is 12.6. The zero-order valence-corrected chi connectivity index (χ0v) is 15.5. The van der Waals surface area contributed by atoms with E-state index in [0.717, 1.165) is 16.6 Å². The molecule has 2 aliphatic rings. The van der Waals surface area contributed by atoms with Crippen LogP contribution in [0, 0.1) is 0 Å². The number of ether oxygens (including phenoxy) is 2. The highest BCUT2D eigenvalue weighted by molar-refractivity contribution is 9.10. The van der Waals surface area contributed by atoms with E-state index in [1.54, 1.807) is 6.07 Å². The van der Waals surface area contributed by atoms with E-state index in [4.69, 9.17) is 9.47 Å². The molecule has 1 unspecified atom stereocenters. The van der Waals surface area contributed by atoms with E-state index >= 15 is 0 Å². The molecule has 0 aliphatic carbocycles. The Morgan fingerprint density at radius 2 is 1.96 bits per heavy atom. The van der Waals surface area contributed by atoms with E-state index in [1.807, 2.05) is 18.2 Å². The number of halogens is 1. The molecule has 0 aromatic heterocycles. The predicted octanol–water partition coefficient (Wildman–Crippen LogP) is 3.61. The normalized spacial score (nSPS) is 18.0. The molecule has 2 aromatic carbocycles. The lowest BCUT2D eigenvalue weighted by molar-refractivity contribution is -0.115. The Kier molecular flexibility index (Phi) is 4.29. The third-order valence-corrected chi connectivity index (χ3v) is 5.22. The standard InChI is InChI=1S/C19H19BrN2O3/c1-12-8-13-4-2-3-5-16(13)22(12)11-19(23)21-15-10-18-17(9-14(15)20)24-6-7-25-18/h2-5,9-10,12H,6-8,11H2,1H3,(H,21,23). The minimum Gasteiger partial charge on any atom is -0.486 e. The Morgan fingerprint density at radius 3 is 2.76 bits per heavy atom. The van der Waals surface area contributed by atoms with Crippen molar-refractivity contribution in [2.45, 2.75) is 19.4 Å². The Labute approximate surface area is 155 Å². The highest BCUT2D eigenvalue weighted by atomic mass is 79.9. The first-order valence-corrected chi connectivity index (χ1v) is 9.14. The number of rotatable bonds is 3. The first kappa shape index (κ1) is 16.3. The number of anilines is 2. The molecule has 1 atom stereocenters. The lowest BCUT2D eigenvalue weighted by Crippen LogP contribution is -2.37. The van der Waals surface area contributed by atoms with E-state index in [-0.39, 0.29) is 5.91 Å². The quantitative estimate of drug-likeness (QED) is 0.851. The van der Waals surface area contributed by atoms with Crippen LogP contribution in [0.2, 0.25) is 0 Å². The summed E-state index contributed by atoms with van der Waals surface area (Å²) in [5.41, 5.74) is 3.13. The van der Waals surface area contributed by atoms with Gasteiger partial charge in [0.05, 0.1) is 12.2 Å². The van der Waals surface area contributed by atoms with Crippen LogP contribution in [0.1, 0.15) is 12.5 Å². The van der Waals surface area contributed by atoms with Gasteiger partial charge >= 0.3 is 0 Å². The van der Waals surface area contributed by atoms with Crippen molar-refractivity contribution in [3.05, 3.63) is 46.4 Å². The minimum absolute atomic E-state index is 0.0547. The summed E-state index contributed by atoms with van der Waals surface area (Å²) in [4.78, 5) is 14.7. The summed E-state index contributed by atoms with van der Waals surface area (Å²) >= 11 is 3.49. The number of nitrogens with zero attached hydrogens (tertiary/aromatic N) is 1. The van der Waals surface area contributed by atoms with Crippen LogP contribution in [0.3, 0.4) is 0 Å². The average Bonchev–Trinajstić information content (AvgIpc) is 2.91. The van der Waals surface area contributed by atoms with Gasteiger partial charge < -0.3 is 19.7 Å². The van der Waals surface area contributed by atoms with Gasteiger partial charge in [0.1, 0.15) is 13.2 Å². The number of carbonyl (C=O) groups excluding carboxylic acids is 1. The van der Waals surface area contributed by atoms with E-state index in [9.17, 15) is 4.79 Å². The van der Waals surface area contributed by atoms with Gasteiger partial charge in [0.2, 0.25) is 5.91 Å². The van der Waals surface area contributed by atoms with Crippen LogP contribution in [0.5, 0.6) is 11.5 Å². The third kappa shape index (κ3) is 3.18. The Bertz CT molecular complexity index is 824. The van der Waals surface area contributed by atoms with Crippen molar-refractivity contribution >= 4 is 33.2 Å². The molecule has 2 heterocycles. The fourth-order valence-electron chi connectivity index (χ4n) is 3.37. The molecule has 4 rings (SSSR count). The van der Waals surface area contributed by atoms with Crippen molar-refractivity contribution in [2.24, 2.45) is 0 Å². The molecule has 25 heavy (non-hydrogen) atoms. The highest BCUT2D eigenvalue weighted by Crippen LogP contribution is 2.38. The monoisotopic (exact) mass is 402 g/mol. The van der Waals surface area contributed by atoms with Crippen LogP contribution >= 0.6 is 15.9 Å². The van der Waals surface area contributed by atoms with Crippen LogP contribution in [-0.2, 0) is 11.2 Å². The predicted molar refractivity (Wildman–Crippen MR) is 101 cm³/mol. The van der Waals surface area contributed by atoms with Gasteiger partial charge in [-0.2, -0.15) is 0 Å². The zero-order valence-electron chi connectivity index (χ0n) is 13.9. The van der Waals surface area contributed by atoms with Gasteiger partial charge in [-0.05, 0) is 40.9 Å². The first-order chi connectivity index (χ1) is 12.1. The van der Waals surface area contributed by atoms with E-state index in [1.165, 1.54) is 5.56 Å². The molecule has 0 bridgehead atoms. The summed E-state index contributed by atoms with van der Waals surface area (Å²) in [5, 5.41) is 2.98. The second-order valence-corrected chi connectivity index (χ2v) is 7.19. The molecule has 1 N–H and O–H groups in total. The second-order valence-electron chi connectivity index (χ2n) is 6.33. The number of hydrogen-bond acceptors (Lipinski definition) is 4. The first-order valence-electron chi connectivity index (χ1n) is 8.35. The molecule has 130 valence electrons. The second kappa shape index (κ2) is 6.59. The van der Waals surface area contributed by atoms with Gasteiger partial charge in [-0.15, -0.1) is 0 Å². The summed E-state index contributed by atoms with van der Waals surface area (Å²) in [6.07, 6.45) is 0.969. The van der Waals surface area contributed by atoms with E-state index in [2.05, 4.69) is 45.2 Å². The number of amides is 1. The summed E-state index contributed by atoms with van der Waals surface area (Å²) in [5.74, 6) is 1.30. The smallest absolute Gasteiger partial charge is 0.243 e. The number of para-hydroxylation sites is 1. The van der Waals surface area contributed by atoms with Gasteiger partial charge in [-0.1, -0.05) is 18.2 Å². The van der Waals surface area contributed by atoms with Gasteiger partial charge in [-0.25, -0.2) is 0 Å². The molecule has 1 amide bonds. The molecule has 2 aliphatic heterocycles. The van der Waals surface area contributed by atoms with Crippen molar-refractivity contribution < 1.29 is 14.3 Å². The molecule has 0 saturated carbocycles. The fourth-order valence-corrected chi connectivity index (χ4v) is 3.80. The Balaban J connectivity index is 1.50. The van der Waals surface area contributed by atoms with Crippen LogP contribution < -0.4 is 19.7 Å². The van der Waals surface area contributed by atoms with Gasteiger partial charge in [0.15, 0.2) is 11.5 Å². The van der Waals surface area contributed by atoms with Crippen molar-refractivity contribution in [3.63, 3.8) is 0 Å². The number of benzene rings is 2. The number of fused-ring (bicyclic) bond motifs is 2. The van der Waals surface area contributed by atoms with Crippen molar-refractivity contribution in [1.82, 2.24) is 0 Å². The lowest BCUT2D eigenvalue weighted by Gasteiger charge is -2.25. The SMILES string of the molecule is CC1Cc2ccccc2N1CC(=O)Nc1cc2c(cc1Br)OCCO2. The Hall–Kier alpha value is -2.21. The fraction of sp³-hybridized carbons (Fsp3) is 0.316. The topological polar surface area (TPSA) is 50.8 Å². The molecule has 0 radical (unpaired) electrons. The van der Waals surface area contributed by atoms with Crippen molar-refractivity contribution in [1.29, 1.82) is 0 Å². The van der Waals surface area contributed by atoms with Crippen LogP contribution in [-0.4, -0.2) is 31.7 Å². The Morgan fingerprint density at radius 1 is 1.24 bits per heavy atom. The number of carbonyl (C=O) groups is 1. The zero-order chi connectivity index (χ0) is 17.4. The summed E-state index contributed by atoms with van der Waals surface area (Å²) in [6.45, 7) is 3.52. The van der Waals surface area contributed by atoms with Gasteiger partial charge in [0.25, 0.3) is 0 Å². The van der Waals surface area contributed by atoms with Crippen molar-refractivity contribution in [3.8, 4) is 11.5 Å². The molecule has 0 saturated heterocycles. The van der Waals surface area contributed by atoms with Crippen molar-refractivity contribution in [2.75, 3.05) is 30.0 Å². The maximum Gasteiger partial charge on any atom is 0.243 e. The van der Waals surface area contributed by atoms with Crippen LogP contribution in [0.4, 0.5) is 11.4 Å². The molecule has 5 nitrogen and oxygen atoms in total. The highest BCUT2D eigenvalue weighted by Gasteiger charge is 2.27. The van der Waals surface area contributed by atoms with Gasteiger partial charge in [-0.3, -0.25) is 4.79 Å². The molecule has 6 heteroatoms.